The molecule has 2 bridgehead atoms. The van der Waals surface area contributed by atoms with E-state index >= 15 is 0 Å². The van der Waals surface area contributed by atoms with Gasteiger partial charge in [-0.15, -0.1) is 5.10 Å². The predicted molar refractivity (Wildman–Crippen MR) is 140 cm³/mol. The van der Waals surface area contributed by atoms with Crippen LogP contribution in [0.25, 0.3) is 11.5 Å². The van der Waals surface area contributed by atoms with Gasteiger partial charge in [0.1, 0.15) is 17.4 Å². The quantitative estimate of drug-likeness (QED) is 0.418. The molecule has 0 spiro atoms. The van der Waals surface area contributed by atoms with Gasteiger partial charge < -0.3 is 9.47 Å². The SMILES string of the molecule is COc1cccc(-n2c(CC(=O)CC(C)C)nn(-c3ccc(CCN4C5CCC4COC5)cn3)c2=O)c1. The fraction of sp³-hybridized carbons (Fsp3) is 0.500. The van der Waals surface area contributed by atoms with Crippen molar-refractivity contribution in [1.29, 1.82) is 0 Å². The van der Waals surface area contributed by atoms with Gasteiger partial charge in [0.2, 0.25) is 0 Å². The molecule has 37 heavy (non-hydrogen) atoms. The lowest BCUT2D eigenvalue weighted by molar-refractivity contribution is -0.119. The molecule has 1 aromatic carbocycles. The smallest absolute Gasteiger partial charge is 0.356 e. The van der Waals surface area contributed by atoms with Crippen LogP contribution in [0.1, 0.15) is 44.5 Å². The van der Waals surface area contributed by atoms with Crippen molar-refractivity contribution in [2.45, 2.75) is 58.0 Å². The number of rotatable bonds is 10. The highest BCUT2D eigenvalue weighted by atomic mass is 16.5. The van der Waals surface area contributed by atoms with E-state index in [1.807, 2.05) is 50.4 Å². The fourth-order valence-electron chi connectivity index (χ4n) is 5.41. The van der Waals surface area contributed by atoms with Crippen molar-refractivity contribution in [3.8, 4) is 17.3 Å². The summed E-state index contributed by atoms with van der Waals surface area (Å²) in [5, 5.41) is 4.56. The number of benzene rings is 1. The first-order valence-electron chi connectivity index (χ1n) is 13.1. The second-order valence-corrected chi connectivity index (χ2v) is 10.4. The molecular formula is C28H35N5O4. The average Bonchev–Trinajstić information content (AvgIpc) is 3.32. The predicted octanol–water partition coefficient (Wildman–Crippen LogP) is 2.99. The molecule has 196 valence electrons. The van der Waals surface area contributed by atoms with Gasteiger partial charge >= 0.3 is 5.69 Å². The van der Waals surface area contributed by atoms with E-state index in [1.54, 1.807) is 13.2 Å². The van der Waals surface area contributed by atoms with E-state index in [2.05, 4.69) is 15.0 Å². The van der Waals surface area contributed by atoms with Crippen molar-refractivity contribution in [2.75, 3.05) is 26.9 Å². The summed E-state index contributed by atoms with van der Waals surface area (Å²) >= 11 is 0. The zero-order valence-electron chi connectivity index (χ0n) is 21.8. The Hall–Kier alpha value is -3.30. The molecule has 0 amide bonds. The van der Waals surface area contributed by atoms with Gasteiger partial charge in [0.15, 0.2) is 5.82 Å². The van der Waals surface area contributed by atoms with E-state index in [0.29, 0.717) is 41.6 Å². The Bertz CT molecular complexity index is 1280. The molecule has 0 radical (unpaired) electrons. The molecule has 2 aromatic heterocycles. The number of fused-ring (bicyclic) bond motifs is 2. The number of morpholine rings is 1. The standard InChI is InChI=1S/C28H35N5O4/c1-19(2)13-24(34)15-27-30-33(28(35)32(27)21-5-4-6-25(14-21)36-3)26-10-7-20(16-29-26)11-12-31-22-8-9-23(31)18-37-17-22/h4-7,10,14,16,19,22-23H,8-9,11-13,15,17-18H2,1-3H3. The molecule has 2 unspecified atom stereocenters. The maximum Gasteiger partial charge on any atom is 0.356 e. The van der Waals surface area contributed by atoms with Crippen molar-refractivity contribution in [3.63, 3.8) is 0 Å². The van der Waals surface area contributed by atoms with E-state index in [1.165, 1.54) is 22.1 Å². The van der Waals surface area contributed by atoms with E-state index in [9.17, 15) is 9.59 Å². The number of carbonyl (C=O) groups is 1. The van der Waals surface area contributed by atoms with Crippen molar-refractivity contribution >= 4 is 5.78 Å². The normalized spacial score (nSPS) is 19.5. The Kier molecular flexibility index (Phi) is 7.53. The number of pyridine rings is 1. The molecule has 3 aromatic rings. The minimum absolute atomic E-state index is 0.0386. The lowest BCUT2D eigenvalue weighted by Gasteiger charge is -2.34. The van der Waals surface area contributed by atoms with Gasteiger partial charge in [0, 0.05) is 37.3 Å². The molecule has 9 heteroatoms. The van der Waals surface area contributed by atoms with Crippen molar-refractivity contribution in [2.24, 2.45) is 5.92 Å². The van der Waals surface area contributed by atoms with Crippen LogP contribution in [-0.2, 0) is 22.4 Å². The molecule has 9 nitrogen and oxygen atoms in total. The lowest BCUT2D eigenvalue weighted by Crippen LogP contribution is -2.46. The van der Waals surface area contributed by atoms with Gasteiger partial charge in [-0.1, -0.05) is 26.0 Å². The van der Waals surface area contributed by atoms with Gasteiger partial charge in [-0.25, -0.2) is 14.3 Å². The summed E-state index contributed by atoms with van der Waals surface area (Å²) < 4.78 is 13.8. The van der Waals surface area contributed by atoms with E-state index in [-0.39, 0.29) is 23.8 Å². The van der Waals surface area contributed by atoms with Crippen LogP contribution < -0.4 is 10.4 Å². The topological polar surface area (TPSA) is 91.5 Å². The Labute approximate surface area is 217 Å². The van der Waals surface area contributed by atoms with Gasteiger partial charge in [0.25, 0.3) is 0 Å². The minimum atomic E-state index is -0.370. The van der Waals surface area contributed by atoms with Crippen LogP contribution in [0.4, 0.5) is 0 Å². The van der Waals surface area contributed by atoms with Gasteiger partial charge in [0.05, 0.1) is 32.4 Å². The van der Waals surface area contributed by atoms with Crippen LogP contribution in [0.15, 0.2) is 47.4 Å². The Morgan fingerprint density at radius 1 is 1.16 bits per heavy atom. The number of Topliss-reactive ketones (excluding diaryl/α,β-unsaturated/α-hetero) is 1. The summed E-state index contributed by atoms with van der Waals surface area (Å²) in [6.07, 6.45) is 5.63. The Morgan fingerprint density at radius 3 is 2.62 bits per heavy atom. The van der Waals surface area contributed by atoms with Crippen LogP contribution >= 0.6 is 0 Å². The molecule has 2 atom stereocenters. The van der Waals surface area contributed by atoms with Crippen LogP contribution in [0.5, 0.6) is 5.75 Å². The Morgan fingerprint density at radius 2 is 1.95 bits per heavy atom. The molecule has 0 N–H and O–H groups in total. The van der Waals surface area contributed by atoms with Crippen molar-refractivity contribution in [3.05, 3.63) is 64.5 Å². The number of hydrogen-bond donors (Lipinski definition) is 0. The third-order valence-corrected chi connectivity index (χ3v) is 7.23. The third-order valence-electron chi connectivity index (χ3n) is 7.23. The molecule has 2 aliphatic rings. The number of carbonyl (C=O) groups excluding carboxylic acids is 1. The van der Waals surface area contributed by atoms with Gasteiger partial charge in [-0.05, 0) is 48.9 Å². The van der Waals surface area contributed by atoms with E-state index in [4.69, 9.17) is 9.47 Å². The zero-order chi connectivity index (χ0) is 25.9. The lowest BCUT2D eigenvalue weighted by atomic mass is 10.1. The second kappa shape index (κ2) is 11.0. The number of hydrogen-bond acceptors (Lipinski definition) is 7. The maximum atomic E-state index is 13.5. The molecule has 4 heterocycles. The number of methoxy groups -OCH3 is 1. The van der Waals surface area contributed by atoms with Crippen LogP contribution in [0.2, 0.25) is 0 Å². The first kappa shape index (κ1) is 25.4. The summed E-state index contributed by atoms with van der Waals surface area (Å²) in [7, 11) is 1.58. The fourth-order valence-corrected chi connectivity index (χ4v) is 5.41. The largest absolute Gasteiger partial charge is 0.497 e. The monoisotopic (exact) mass is 505 g/mol. The van der Waals surface area contributed by atoms with Crippen molar-refractivity contribution < 1.29 is 14.3 Å². The van der Waals surface area contributed by atoms with Crippen molar-refractivity contribution in [1.82, 2.24) is 24.2 Å². The molecule has 5 rings (SSSR count). The van der Waals surface area contributed by atoms with Crippen LogP contribution in [0.3, 0.4) is 0 Å². The van der Waals surface area contributed by atoms with Gasteiger partial charge in [-0.2, -0.15) is 4.68 Å². The maximum absolute atomic E-state index is 13.5. The second-order valence-electron chi connectivity index (χ2n) is 10.4. The zero-order valence-corrected chi connectivity index (χ0v) is 21.8. The highest BCUT2D eigenvalue weighted by Crippen LogP contribution is 2.28. The van der Waals surface area contributed by atoms with Crippen LogP contribution in [0, 0.1) is 5.92 Å². The summed E-state index contributed by atoms with van der Waals surface area (Å²) in [6, 6.07) is 12.1. The molecule has 2 aliphatic heterocycles. The minimum Gasteiger partial charge on any atom is -0.497 e. The molecule has 2 saturated heterocycles. The first-order valence-corrected chi connectivity index (χ1v) is 13.1. The molecule has 2 fully saturated rings. The third kappa shape index (κ3) is 5.52. The van der Waals surface area contributed by atoms with Gasteiger partial charge in [-0.3, -0.25) is 9.69 Å². The summed E-state index contributed by atoms with van der Waals surface area (Å²) in [5.41, 5.74) is 1.34. The van der Waals surface area contributed by atoms with E-state index < -0.39 is 0 Å². The highest BCUT2D eigenvalue weighted by Gasteiger charge is 2.36. The Balaban J connectivity index is 1.40. The summed E-state index contributed by atoms with van der Waals surface area (Å²) in [5.74, 6) is 1.70. The number of nitrogens with zero attached hydrogens (tertiary/aromatic N) is 5. The first-order chi connectivity index (χ1) is 17.9. The average molecular weight is 506 g/mol. The summed E-state index contributed by atoms with van der Waals surface area (Å²) in [6.45, 7) is 6.64. The number of aromatic nitrogens is 4. The highest BCUT2D eigenvalue weighted by molar-refractivity contribution is 5.80. The van der Waals surface area contributed by atoms with E-state index in [0.717, 1.165) is 31.7 Å². The number of ketones is 1. The summed E-state index contributed by atoms with van der Waals surface area (Å²) in [4.78, 5) is 33.3. The molecule has 0 saturated carbocycles. The molecule has 0 aliphatic carbocycles. The van der Waals surface area contributed by atoms with Crippen LogP contribution in [-0.4, -0.2) is 69.0 Å². The molecular weight excluding hydrogens is 470 g/mol. The number of ether oxygens (including phenoxy) is 2.